The molecule has 0 saturated heterocycles. The van der Waals surface area contributed by atoms with E-state index in [9.17, 15) is 4.79 Å². The van der Waals surface area contributed by atoms with E-state index in [0.717, 1.165) is 11.1 Å². The Morgan fingerprint density at radius 2 is 1.75 bits per heavy atom. The van der Waals surface area contributed by atoms with E-state index in [-0.39, 0.29) is 0 Å². The zero-order valence-electron chi connectivity index (χ0n) is 20.0. The molecule has 0 amide bonds. The van der Waals surface area contributed by atoms with Crippen molar-refractivity contribution in [3.05, 3.63) is 82.1 Å². The zero-order valence-corrected chi connectivity index (χ0v) is 21.0. The van der Waals surface area contributed by atoms with Gasteiger partial charge in [-0.25, -0.2) is 4.58 Å². The second kappa shape index (κ2) is 8.06. The summed E-state index contributed by atoms with van der Waals surface area (Å²) in [4.78, 5) is 13.2. The van der Waals surface area contributed by atoms with Gasteiger partial charge in [-0.1, -0.05) is 25.2 Å². The maximum absolute atomic E-state index is 11.0. The van der Waals surface area contributed by atoms with Gasteiger partial charge in [0, 0.05) is 31.9 Å². The topological polar surface area (TPSA) is 32.6 Å². The average molecular weight is 444 g/mol. The lowest BCUT2D eigenvalue weighted by atomic mass is 9.87. The molecule has 1 heterocycles. The summed E-state index contributed by atoms with van der Waals surface area (Å²) in [5.74, 6) is 0.563. The fraction of sp³-hybridized carbons (Fsp3) is 0.259. The Hall–Kier alpha value is -3.18. The van der Waals surface area contributed by atoms with Gasteiger partial charge in [-0.3, -0.25) is 4.79 Å². The highest BCUT2D eigenvalue weighted by Crippen LogP contribution is 2.43. The lowest BCUT2D eigenvalue weighted by Crippen LogP contribution is -2.49. The predicted octanol–water partition coefficient (Wildman–Crippen LogP) is 4.08. The first-order valence-corrected chi connectivity index (χ1v) is 13.9. The highest BCUT2D eigenvalue weighted by atomic mass is 28.3. The molecule has 0 N–H and O–H groups in total. The standard InChI is InChI=1S/C27H31N2O2Si/c1-18-8-11-21(31-17-30)16-24(18)27-22-12-9-19(28(2)3)14-25(22)32(6,7)26-15-20(29(4)5)10-13-23(26)27/h8-17H,1-7H3/q+1. The Morgan fingerprint density at radius 3 is 2.41 bits per heavy atom. The normalized spacial score (nSPS) is 16.2. The third-order valence-electron chi connectivity index (χ3n) is 6.59. The van der Waals surface area contributed by atoms with E-state index >= 15 is 0 Å². The predicted molar refractivity (Wildman–Crippen MR) is 136 cm³/mol. The molecule has 4 rings (SSSR count). The van der Waals surface area contributed by atoms with Crippen molar-refractivity contribution in [2.24, 2.45) is 0 Å². The van der Waals surface area contributed by atoms with Crippen LogP contribution in [0.25, 0.3) is 5.57 Å². The number of carbonyl (C=O) groups excluding carboxylic acids is 1. The van der Waals surface area contributed by atoms with Crippen LogP contribution in [0.3, 0.4) is 0 Å². The molecule has 1 aliphatic carbocycles. The van der Waals surface area contributed by atoms with Crippen molar-refractivity contribution in [2.75, 3.05) is 33.1 Å². The molecule has 0 atom stereocenters. The van der Waals surface area contributed by atoms with E-state index < -0.39 is 8.07 Å². The number of ether oxygens (including phenoxy) is 1. The number of rotatable bonds is 4. The first kappa shape index (κ1) is 22.0. The highest BCUT2D eigenvalue weighted by molar-refractivity contribution is 6.98. The number of hydrogen-bond donors (Lipinski definition) is 0. The summed E-state index contributed by atoms with van der Waals surface area (Å²) >= 11 is 0. The van der Waals surface area contributed by atoms with Gasteiger partial charge in [-0.2, -0.15) is 0 Å². The molecule has 1 aliphatic heterocycles. The van der Waals surface area contributed by atoms with Gasteiger partial charge in [0.2, 0.25) is 0 Å². The lowest BCUT2D eigenvalue weighted by molar-refractivity contribution is -0.462. The summed E-state index contributed by atoms with van der Waals surface area (Å²) in [6.07, 6.45) is 6.84. The van der Waals surface area contributed by atoms with Crippen LogP contribution < -0.4 is 14.8 Å². The minimum atomic E-state index is -1.97. The minimum Gasteiger partial charge on any atom is -0.429 e. The highest BCUT2D eigenvalue weighted by Gasteiger charge is 2.40. The Kier molecular flexibility index (Phi) is 5.55. The first-order chi connectivity index (χ1) is 15.1. The number of fused-ring (bicyclic) bond motifs is 2. The molecular formula is C27H31N2O2Si+. The maximum atomic E-state index is 11.0. The van der Waals surface area contributed by atoms with E-state index in [1.807, 2.05) is 18.2 Å². The van der Waals surface area contributed by atoms with Gasteiger partial charge in [-0.15, -0.1) is 0 Å². The second-order valence-corrected chi connectivity index (χ2v) is 13.8. The van der Waals surface area contributed by atoms with Crippen molar-refractivity contribution in [1.82, 2.24) is 0 Å². The van der Waals surface area contributed by atoms with Crippen LogP contribution in [0, 0.1) is 6.92 Å². The number of nitrogens with zero attached hydrogens (tertiary/aromatic N) is 2. The van der Waals surface area contributed by atoms with Gasteiger partial charge < -0.3 is 9.64 Å². The average Bonchev–Trinajstić information content (AvgIpc) is 2.75. The number of hydrogen-bond acceptors (Lipinski definition) is 3. The van der Waals surface area contributed by atoms with Gasteiger partial charge in [0.25, 0.3) is 6.47 Å². The van der Waals surface area contributed by atoms with Gasteiger partial charge in [-0.05, 0) is 75.5 Å². The van der Waals surface area contributed by atoms with Crippen molar-refractivity contribution in [1.29, 1.82) is 0 Å². The van der Waals surface area contributed by atoms with Crippen LogP contribution in [0.4, 0.5) is 5.69 Å². The number of carbonyl (C=O) groups is 1. The number of anilines is 1. The van der Waals surface area contributed by atoms with Gasteiger partial charge in [0.15, 0.2) is 5.71 Å². The molecule has 164 valence electrons. The van der Waals surface area contributed by atoms with Crippen molar-refractivity contribution < 1.29 is 14.1 Å². The van der Waals surface area contributed by atoms with Crippen molar-refractivity contribution in [2.45, 2.75) is 20.0 Å². The molecule has 0 spiro atoms. The monoisotopic (exact) mass is 443 g/mol. The Morgan fingerprint density at radius 1 is 1.00 bits per heavy atom. The summed E-state index contributed by atoms with van der Waals surface area (Å²) in [5.41, 5.74) is 8.46. The van der Waals surface area contributed by atoms with Crippen LogP contribution in [-0.4, -0.2) is 53.0 Å². The van der Waals surface area contributed by atoms with E-state index in [4.69, 9.17) is 4.74 Å². The Labute approximate surface area is 191 Å². The van der Waals surface area contributed by atoms with Crippen molar-refractivity contribution in [3.63, 3.8) is 0 Å². The molecule has 0 saturated carbocycles. The molecular weight excluding hydrogens is 412 g/mol. The molecule has 0 radical (unpaired) electrons. The molecule has 0 aromatic heterocycles. The summed E-state index contributed by atoms with van der Waals surface area (Å²) in [7, 11) is 6.39. The molecule has 0 unspecified atom stereocenters. The summed E-state index contributed by atoms with van der Waals surface area (Å²) < 4.78 is 7.38. The van der Waals surface area contributed by atoms with Crippen LogP contribution in [-0.2, 0) is 4.79 Å². The lowest BCUT2D eigenvalue weighted by Gasteiger charge is -2.38. The second-order valence-electron chi connectivity index (χ2n) is 9.44. The van der Waals surface area contributed by atoms with E-state index in [1.165, 1.54) is 38.5 Å². The SMILES string of the molecule is Cc1ccc(OC=O)cc1C1=C2C=CC(=[N+](C)C)C=C2[Si](C)(C)c2cc(N(C)C)ccc21. The zero-order chi connectivity index (χ0) is 23.2. The maximum Gasteiger partial charge on any atom is 0.298 e. The molecule has 2 aromatic rings. The fourth-order valence-electron chi connectivity index (χ4n) is 4.67. The van der Waals surface area contributed by atoms with Crippen LogP contribution in [0.15, 0.2) is 65.4 Å². The molecule has 2 aromatic carbocycles. The molecule has 0 bridgehead atoms. The van der Waals surface area contributed by atoms with E-state index in [2.05, 4.69) is 94.1 Å². The number of aryl methyl sites for hydroxylation is 1. The largest absolute Gasteiger partial charge is 0.429 e. The smallest absolute Gasteiger partial charge is 0.298 e. The molecule has 2 aliphatic rings. The Balaban J connectivity index is 2.10. The summed E-state index contributed by atoms with van der Waals surface area (Å²) in [6.45, 7) is 7.49. The quantitative estimate of drug-likeness (QED) is 0.406. The number of benzene rings is 2. The minimum absolute atomic E-state index is 0.491. The Bertz CT molecular complexity index is 1240. The van der Waals surface area contributed by atoms with Crippen molar-refractivity contribution >= 4 is 36.7 Å². The third-order valence-corrected chi connectivity index (χ3v) is 10.1. The van der Waals surface area contributed by atoms with Crippen LogP contribution in [0.1, 0.15) is 16.7 Å². The van der Waals surface area contributed by atoms with Crippen molar-refractivity contribution in [3.8, 4) is 5.75 Å². The van der Waals surface area contributed by atoms with Crippen LogP contribution in [0.5, 0.6) is 5.75 Å². The van der Waals surface area contributed by atoms with Gasteiger partial charge in [0.1, 0.15) is 27.9 Å². The van der Waals surface area contributed by atoms with E-state index in [1.54, 1.807) is 0 Å². The molecule has 0 fully saturated rings. The third kappa shape index (κ3) is 3.56. The number of allylic oxidation sites excluding steroid dienone is 5. The summed E-state index contributed by atoms with van der Waals surface area (Å²) in [5, 5.41) is 2.87. The molecule has 5 heteroatoms. The van der Waals surface area contributed by atoms with E-state index in [0.29, 0.717) is 12.2 Å². The fourth-order valence-corrected chi connectivity index (χ4v) is 7.74. The first-order valence-electron chi connectivity index (χ1n) is 10.9. The van der Waals surface area contributed by atoms with Gasteiger partial charge >= 0.3 is 0 Å². The van der Waals surface area contributed by atoms with Gasteiger partial charge in [0.05, 0.1) is 0 Å². The van der Waals surface area contributed by atoms with Crippen LogP contribution >= 0.6 is 0 Å². The molecule has 4 nitrogen and oxygen atoms in total. The molecule has 32 heavy (non-hydrogen) atoms. The van der Waals surface area contributed by atoms with Crippen LogP contribution in [0.2, 0.25) is 13.1 Å². The summed E-state index contributed by atoms with van der Waals surface area (Å²) in [6, 6.07) is 12.7.